The molecule has 1 aromatic rings. The maximum atomic E-state index is 13.1. The van der Waals surface area contributed by atoms with Crippen molar-refractivity contribution >= 4 is 21.8 Å². The molecule has 0 unspecified atom stereocenters. The molecule has 2 fully saturated rings. The lowest BCUT2D eigenvalue weighted by Crippen LogP contribution is -2.51. The van der Waals surface area contributed by atoms with Gasteiger partial charge in [0.15, 0.2) is 0 Å². The van der Waals surface area contributed by atoms with Gasteiger partial charge in [-0.25, -0.2) is 8.42 Å². The van der Waals surface area contributed by atoms with Gasteiger partial charge in [-0.3, -0.25) is 14.5 Å². The van der Waals surface area contributed by atoms with Crippen LogP contribution in [-0.2, 0) is 14.8 Å². The quantitative estimate of drug-likeness (QED) is 0.616. The summed E-state index contributed by atoms with van der Waals surface area (Å²) in [6.45, 7) is 8.87. The predicted molar refractivity (Wildman–Crippen MR) is 124 cm³/mol. The Labute approximate surface area is 192 Å². The van der Waals surface area contributed by atoms with Gasteiger partial charge < -0.3 is 9.80 Å². The standard InChI is InChI=1S/C23H36N4O4S/c1-3-25(4-2)23(29)20-9-11-21(12-10-20)32(30,31)27-17-15-24(16-18-27)19-22(28)26-13-7-5-6-8-14-26/h9-12H,3-8,13-19H2,1-2H3. The number of nitrogens with zero attached hydrogens (tertiary/aromatic N) is 4. The molecule has 9 heteroatoms. The molecule has 32 heavy (non-hydrogen) atoms. The lowest BCUT2D eigenvalue weighted by Gasteiger charge is -2.34. The molecule has 0 N–H and O–H groups in total. The fourth-order valence-corrected chi connectivity index (χ4v) is 5.77. The molecule has 178 valence electrons. The van der Waals surface area contributed by atoms with Gasteiger partial charge in [0.1, 0.15) is 0 Å². The van der Waals surface area contributed by atoms with Gasteiger partial charge in [-0.15, -0.1) is 0 Å². The van der Waals surface area contributed by atoms with Gasteiger partial charge in [-0.05, 0) is 51.0 Å². The maximum Gasteiger partial charge on any atom is 0.253 e. The Balaban J connectivity index is 1.56. The second kappa shape index (κ2) is 11.2. The third-order valence-corrected chi connectivity index (χ3v) is 8.35. The van der Waals surface area contributed by atoms with Crippen LogP contribution in [0.25, 0.3) is 0 Å². The van der Waals surface area contributed by atoms with E-state index in [9.17, 15) is 18.0 Å². The van der Waals surface area contributed by atoms with Crippen molar-refractivity contribution in [3.05, 3.63) is 29.8 Å². The highest BCUT2D eigenvalue weighted by molar-refractivity contribution is 7.89. The number of benzene rings is 1. The summed E-state index contributed by atoms with van der Waals surface area (Å²) in [6, 6.07) is 6.20. The molecule has 2 amide bonds. The summed E-state index contributed by atoms with van der Waals surface area (Å²) >= 11 is 0. The summed E-state index contributed by atoms with van der Waals surface area (Å²) in [5.41, 5.74) is 0.490. The fourth-order valence-electron chi connectivity index (χ4n) is 4.35. The zero-order chi connectivity index (χ0) is 23.1. The van der Waals surface area contributed by atoms with Crippen LogP contribution in [0.2, 0.25) is 0 Å². The van der Waals surface area contributed by atoms with Crippen molar-refractivity contribution < 1.29 is 18.0 Å². The zero-order valence-corrected chi connectivity index (χ0v) is 20.1. The first kappa shape index (κ1) is 24.7. The van der Waals surface area contributed by atoms with Crippen molar-refractivity contribution in [2.75, 3.05) is 58.9 Å². The number of likely N-dealkylation sites (tertiary alicyclic amines) is 1. The average Bonchev–Trinajstić information content (AvgIpc) is 3.10. The Morgan fingerprint density at radius 2 is 1.41 bits per heavy atom. The van der Waals surface area contributed by atoms with Gasteiger partial charge in [0.25, 0.3) is 5.91 Å². The van der Waals surface area contributed by atoms with Crippen LogP contribution in [-0.4, -0.2) is 98.1 Å². The van der Waals surface area contributed by atoms with Crippen LogP contribution in [0.1, 0.15) is 49.9 Å². The molecule has 2 aliphatic heterocycles. The minimum Gasteiger partial charge on any atom is -0.342 e. The van der Waals surface area contributed by atoms with E-state index in [2.05, 4.69) is 0 Å². The number of carbonyl (C=O) groups excluding carboxylic acids is 2. The summed E-state index contributed by atoms with van der Waals surface area (Å²) in [4.78, 5) is 31.0. The molecule has 0 atom stereocenters. The molecule has 2 heterocycles. The van der Waals surface area contributed by atoms with E-state index >= 15 is 0 Å². The minimum atomic E-state index is -3.63. The van der Waals surface area contributed by atoms with E-state index < -0.39 is 10.0 Å². The van der Waals surface area contributed by atoms with Crippen LogP contribution in [0.5, 0.6) is 0 Å². The summed E-state index contributed by atoms with van der Waals surface area (Å²) in [7, 11) is -3.63. The van der Waals surface area contributed by atoms with E-state index in [1.807, 2.05) is 23.6 Å². The molecule has 8 nitrogen and oxygen atoms in total. The monoisotopic (exact) mass is 464 g/mol. The second-order valence-electron chi connectivity index (χ2n) is 8.48. The summed E-state index contributed by atoms with van der Waals surface area (Å²) in [5, 5.41) is 0. The average molecular weight is 465 g/mol. The van der Waals surface area contributed by atoms with Gasteiger partial charge in [-0.2, -0.15) is 4.31 Å². The molecule has 1 aromatic carbocycles. The van der Waals surface area contributed by atoms with Crippen molar-refractivity contribution in [1.82, 2.24) is 19.0 Å². The number of hydrogen-bond donors (Lipinski definition) is 0. The number of rotatable bonds is 7. The highest BCUT2D eigenvalue weighted by atomic mass is 32.2. The number of carbonyl (C=O) groups is 2. The summed E-state index contributed by atoms with van der Waals surface area (Å²) in [6.07, 6.45) is 4.50. The SMILES string of the molecule is CCN(CC)C(=O)c1ccc(S(=O)(=O)N2CCN(CC(=O)N3CCCCCC3)CC2)cc1. The zero-order valence-electron chi connectivity index (χ0n) is 19.3. The minimum absolute atomic E-state index is 0.0957. The maximum absolute atomic E-state index is 13.1. The van der Waals surface area contributed by atoms with Crippen LogP contribution < -0.4 is 0 Å². The largest absolute Gasteiger partial charge is 0.342 e. The highest BCUT2D eigenvalue weighted by Gasteiger charge is 2.30. The van der Waals surface area contributed by atoms with Crippen molar-refractivity contribution in [1.29, 1.82) is 0 Å². The Morgan fingerprint density at radius 1 is 0.844 bits per heavy atom. The molecule has 0 spiro atoms. The highest BCUT2D eigenvalue weighted by Crippen LogP contribution is 2.19. The van der Waals surface area contributed by atoms with Crippen molar-refractivity contribution in [2.45, 2.75) is 44.4 Å². The van der Waals surface area contributed by atoms with Crippen LogP contribution in [0, 0.1) is 0 Å². The van der Waals surface area contributed by atoms with Crippen LogP contribution >= 0.6 is 0 Å². The Morgan fingerprint density at radius 3 is 1.94 bits per heavy atom. The first-order chi connectivity index (χ1) is 15.4. The van der Waals surface area contributed by atoms with Gasteiger partial charge in [0.2, 0.25) is 15.9 Å². The molecule has 3 rings (SSSR count). The van der Waals surface area contributed by atoms with Crippen LogP contribution in [0.4, 0.5) is 0 Å². The second-order valence-corrected chi connectivity index (χ2v) is 10.4. The van der Waals surface area contributed by atoms with E-state index in [1.165, 1.54) is 29.3 Å². The fraction of sp³-hybridized carbons (Fsp3) is 0.652. The molecule has 0 aliphatic carbocycles. The first-order valence-electron chi connectivity index (χ1n) is 11.8. The number of piperazine rings is 1. The lowest BCUT2D eigenvalue weighted by atomic mass is 10.2. The van der Waals surface area contributed by atoms with Crippen LogP contribution in [0.15, 0.2) is 29.2 Å². The molecule has 0 aromatic heterocycles. The predicted octanol–water partition coefficient (Wildman–Crippen LogP) is 1.88. The Kier molecular flexibility index (Phi) is 8.67. The van der Waals surface area contributed by atoms with E-state index in [1.54, 1.807) is 17.0 Å². The molecule has 0 radical (unpaired) electrons. The van der Waals surface area contributed by atoms with Crippen molar-refractivity contribution in [3.63, 3.8) is 0 Å². The molecule has 0 bridgehead atoms. The van der Waals surface area contributed by atoms with E-state index in [4.69, 9.17) is 0 Å². The molecular formula is C23H36N4O4S. The van der Waals surface area contributed by atoms with Crippen LogP contribution in [0.3, 0.4) is 0 Å². The normalized spacial score (nSPS) is 18.9. The molecule has 2 aliphatic rings. The van der Waals surface area contributed by atoms with E-state index in [-0.39, 0.29) is 16.7 Å². The first-order valence-corrected chi connectivity index (χ1v) is 13.2. The molecule has 2 saturated heterocycles. The molecular weight excluding hydrogens is 428 g/mol. The van der Waals surface area contributed by atoms with Crippen molar-refractivity contribution in [2.24, 2.45) is 0 Å². The van der Waals surface area contributed by atoms with Gasteiger partial charge in [0.05, 0.1) is 11.4 Å². The number of sulfonamides is 1. The van der Waals surface area contributed by atoms with E-state index in [0.29, 0.717) is 51.4 Å². The molecule has 0 saturated carbocycles. The topological polar surface area (TPSA) is 81.2 Å². The smallest absolute Gasteiger partial charge is 0.253 e. The lowest BCUT2D eigenvalue weighted by molar-refractivity contribution is -0.132. The van der Waals surface area contributed by atoms with Gasteiger partial charge in [0, 0.05) is 57.9 Å². The number of amides is 2. The van der Waals surface area contributed by atoms with Gasteiger partial charge >= 0.3 is 0 Å². The Hall–Kier alpha value is -1.97. The van der Waals surface area contributed by atoms with Crippen molar-refractivity contribution in [3.8, 4) is 0 Å². The summed E-state index contributed by atoms with van der Waals surface area (Å²) < 4.78 is 27.6. The Bertz CT molecular complexity index is 868. The van der Waals surface area contributed by atoms with Gasteiger partial charge in [-0.1, -0.05) is 12.8 Å². The van der Waals surface area contributed by atoms with E-state index in [0.717, 1.165) is 25.9 Å². The number of hydrogen-bond acceptors (Lipinski definition) is 5. The third kappa shape index (κ3) is 5.88. The summed E-state index contributed by atoms with van der Waals surface area (Å²) in [5.74, 6) is 0.0540. The third-order valence-electron chi connectivity index (χ3n) is 6.44.